The molecule has 2 aliphatic carbocycles. The first-order chi connectivity index (χ1) is 31.3. The van der Waals surface area contributed by atoms with Gasteiger partial charge in [0.15, 0.2) is 0 Å². The molecule has 0 saturated carbocycles. The highest BCUT2D eigenvalue weighted by Gasteiger charge is 2.51. The number of anilines is 3. The first-order valence-corrected chi connectivity index (χ1v) is 22.7. The van der Waals surface area contributed by atoms with Crippen LogP contribution in [0.15, 0.2) is 224 Å². The summed E-state index contributed by atoms with van der Waals surface area (Å²) in [5, 5.41) is 10.2. The van der Waals surface area contributed by atoms with Gasteiger partial charge in [-0.1, -0.05) is 176 Å². The maximum Gasteiger partial charge on any atom is 0.0725 e. The van der Waals surface area contributed by atoms with E-state index in [0.717, 1.165) is 17.1 Å². The van der Waals surface area contributed by atoms with Gasteiger partial charge in [-0.3, -0.25) is 0 Å². The largest absolute Gasteiger partial charge is 0.310 e. The molecule has 0 unspecified atom stereocenters. The molecule has 0 bridgehead atoms. The van der Waals surface area contributed by atoms with E-state index in [1.807, 2.05) is 11.3 Å². The van der Waals surface area contributed by atoms with Crippen molar-refractivity contribution >= 4 is 80.9 Å². The lowest BCUT2D eigenvalue weighted by Crippen LogP contribution is -2.25. The zero-order valence-electron chi connectivity index (χ0n) is 34.2. The fourth-order valence-corrected chi connectivity index (χ4v) is 12.6. The van der Waals surface area contributed by atoms with Crippen molar-refractivity contribution in [3.05, 3.63) is 247 Å². The summed E-state index contributed by atoms with van der Waals surface area (Å²) in [6, 6.07) is 84.2. The predicted molar refractivity (Wildman–Crippen MR) is 268 cm³/mol. The molecule has 1 spiro atoms. The van der Waals surface area contributed by atoms with Gasteiger partial charge in [0.25, 0.3) is 0 Å². The SMILES string of the molecule is c1ccc(N(c2ccc3c(c2)-c2ccccc2C32c3ccccc3-c3ccccc32)c2ccc3c4ccccc4c4ccccc4c3c2)c(-c2ccc3sc4ccccc4c3c2)c1. The summed E-state index contributed by atoms with van der Waals surface area (Å²) in [6.45, 7) is 0. The average molecular weight is 816 g/mol. The monoisotopic (exact) mass is 815 g/mol. The van der Waals surface area contributed by atoms with Crippen LogP contribution in [-0.4, -0.2) is 0 Å². The van der Waals surface area contributed by atoms with Crippen molar-refractivity contribution in [2.45, 2.75) is 5.41 Å². The van der Waals surface area contributed by atoms with Crippen LogP contribution in [0.3, 0.4) is 0 Å². The minimum Gasteiger partial charge on any atom is -0.310 e. The van der Waals surface area contributed by atoms with Gasteiger partial charge in [0.05, 0.1) is 11.1 Å². The fraction of sp³-hybridized carbons (Fsp3) is 0.0164. The Bertz CT molecular complexity index is 3810. The molecule has 0 fully saturated rings. The highest BCUT2D eigenvalue weighted by Crippen LogP contribution is 2.63. The molecule has 1 aromatic heterocycles. The number of rotatable bonds is 4. The molecule has 0 radical (unpaired) electrons. The summed E-state index contributed by atoms with van der Waals surface area (Å²) in [4.78, 5) is 2.51. The molecule has 0 N–H and O–H groups in total. The smallest absolute Gasteiger partial charge is 0.0725 e. The second-order valence-corrected chi connectivity index (χ2v) is 18.2. The van der Waals surface area contributed by atoms with Gasteiger partial charge in [0, 0.05) is 37.1 Å². The van der Waals surface area contributed by atoms with Crippen LogP contribution in [0.4, 0.5) is 17.1 Å². The van der Waals surface area contributed by atoms with Gasteiger partial charge in [-0.2, -0.15) is 0 Å². The fourth-order valence-electron chi connectivity index (χ4n) is 11.5. The molecule has 1 nitrogen and oxygen atoms in total. The molecule has 2 heteroatoms. The van der Waals surface area contributed by atoms with Crippen molar-refractivity contribution in [1.82, 2.24) is 0 Å². The van der Waals surface area contributed by atoms with Crippen molar-refractivity contribution in [3.8, 4) is 33.4 Å². The Morgan fingerprint density at radius 3 is 1.41 bits per heavy atom. The first kappa shape index (κ1) is 34.9. The number of benzene rings is 11. The van der Waals surface area contributed by atoms with E-state index in [0.29, 0.717) is 0 Å². The molecule has 14 rings (SSSR count). The molecule has 0 aliphatic heterocycles. The van der Waals surface area contributed by atoms with Crippen molar-refractivity contribution in [2.75, 3.05) is 4.90 Å². The third kappa shape index (κ3) is 4.76. The van der Waals surface area contributed by atoms with Crippen LogP contribution in [-0.2, 0) is 5.41 Å². The molecule has 0 amide bonds. The van der Waals surface area contributed by atoms with Crippen molar-refractivity contribution < 1.29 is 0 Å². The van der Waals surface area contributed by atoms with Crippen molar-refractivity contribution in [3.63, 3.8) is 0 Å². The zero-order chi connectivity index (χ0) is 41.2. The second-order valence-electron chi connectivity index (χ2n) is 17.1. The number of fused-ring (bicyclic) bond motifs is 19. The summed E-state index contributed by atoms with van der Waals surface area (Å²) < 4.78 is 2.63. The summed E-state index contributed by atoms with van der Waals surface area (Å²) in [5.41, 5.74) is 16.0. The first-order valence-electron chi connectivity index (χ1n) is 21.8. The Balaban J connectivity index is 1.05. The van der Waals surface area contributed by atoms with Crippen molar-refractivity contribution in [1.29, 1.82) is 0 Å². The zero-order valence-corrected chi connectivity index (χ0v) is 35.0. The third-order valence-corrected chi connectivity index (χ3v) is 15.2. The predicted octanol–water partition coefficient (Wildman–Crippen LogP) is 17.0. The maximum absolute atomic E-state index is 2.51. The quantitative estimate of drug-likeness (QED) is 0.160. The Labute approximate surface area is 369 Å². The van der Waals surface area contributed by atoms with E-state index in [2.05, 4.69) is 229 Å². The van der Waals surface area contributed by atoms with Gasteiger partial charge >= 0.3 is 0 Å². The summed E-state index contributed by atoms with van der Waals surface area (Å²) in [7, 11) is 0. The number of hydrogen-bond donors (Lipinski definition) is 0. The number of nitrogens with zero attached hydrogens (tertiary/aromatic N) is 1. The molecule has 0 saturated heterocycles. The van der Waals surface area contributed by atoms with Crippen LogP contribution in [0.2, 0.25) is 0 Å². The van der Waals surface area contributed by atoms with Crippen LogP contribution in [0.1, 0.15) is 22.3 Å². The van der Waals surface area contributed by atoms with E-state index in [-0.39, 0.29) is 0 Å². The van der Waals surface area contributed by atoms with Gasteiger partial charge < -0.3 is 4.90 Å². The lowest BCUT2D eigenvalue weighted by atomic mass is 9.70. The molecule has 292 valence electrons. The molecular formula is C61H37NS. The summed E-state index contributed by atoms with van der Waals surface area (Å²) in [5.74, 6) is 0. The Morgan fingerprint density at radius 2 is 0.746 bits per heavy atom. The molecule has 12 aromatic rings. The van der Waals surface area contributed by atoms with Gasteiger partial charge in [-0.05, 0) is 131 Å². The summed E-state index contributed by atoms with van der Waals surface area (Å²) in [6.07, 6.45) is 0. The highest BCUT2D eigenvalue weighted by atomic mass is 32.1. The minimum atomic E-state index is -0.401. The standard InChI is InChI=1S/C61H37NS/c1-2-18-44-42(16-1)43-17-3-4-19-45(43)51-36-39(30-32-46(44)51)62(58-27-13-8-15-41(58)38-29-34-60-53(35-38)50-23-9-14-28-59(50)63-60)40-31-33-57-52(37-40)49-22-7-12-26-56(49)61(57)54-24-10-5-20-47(54)48-21-6-11-25-55(48)61/h1-37H. The lowest BCUT2D eigenvalue weighted by Gasteiger charge is -2.31. The Hall–Kier alpha value is -7.78. The molecule has 11 aromatic carbocycles. The van der Waals surface area contributed by atoms with E-state index in [9.17, 15) is 0 Å². The molecule has 63 heavy (non-hydrogen) atoms. The highest BCUT2D eigenvalue weighted by molar-refractivity contribution is 7.25. The van der Waals surface area contributed by atoms with Crippen molar-refractivity contribution in [2.24, 2.45) is 0 Å². The molecule has 0 atom stereocenters. The van der Waals surface area contributed by atoms with Crippen LogP contribution in [0.5, 0.6) is 0 Å². The van der Waals surface area contributed by atoms with E-state index >= 15 is 0 Å². The molecular weight excluding hydrogens is 779 g/mol. The Morgan fingerprint density at radius 1 is 0.286 bits per heavy atom. The third-order valence-electron chi connectivity index (χ3n) is 14.1. The van der Waals surface area contributed by atoms with Crippen LogP contribution < -0.4 is 4.90 Å². The normalized spacial score (nSPS) is 13.2. The van der Waals surface area contributed by atoms with Gasteiger partial charge in [0.1, 0.15) is 0 Å². The van der Waals surface area contributed by atoms with Gasteiger partial charge in [-0.15, -0.1) is 11.3 Å². The topological polar surface area (TPSA) is 3.24 Å². The number of hydrogen-bond acceptors (Lipinski definition) is 2. The Kier molecular flexibility index (Phi) is 7.26. The van der Waals surface area contributed by atoms with Crippen LogP contribution >= 0.6 is 11.3 Å². The number of thiophene rings is 1. The van der Waals surface area contributed by atoms with E-state index in [1.54, 1.807) is 0 Å². The number of para-hydroxylation sites is 1. The maximum atomic E-state index is 2.51. The van der Waals surface area contributed by atoms with Gasteiger partial charge in [0.2, 0.25) is 0 Å². The average Bonchev–Trinajstić information content (AvgIpc) is 3.98. The van der Waals surface area contributed by atoms with E-state index < -0.39 is 5.41 Å². The van der Waals surface area contributed by atoms with Gasteiger partial charge in [-0.25, -0.2) is 0 Å². The minimum absolute atomic E-state index is 0.401. The van der Waals surface area contributed by atoms with Crippen LogP contribution in [0, 0.1) is 0 Å². The second kappa shape index (κ2) is 13.1. The van der Waals surface area contributed by atoms with E-state index in [1.165, 1.54) is 108 Å². The lowest BCUT2D eigenvalue weighted by molar-refractivity contribution is 0.794. The van der Waals surface area contributed by atoms with E-state index in [4.69, 9.17) is 0 Å². The summed E-state index contributed by atoms with van der Waals surface area (Å²) >= 11 is 1.87. The van der Waals surface area contributed by atoms with Crippen LogP contribution in [0.25, 0.3) is 85.9 Å². The molecule has 2 aliphatic rings. The molecule has 1 heterocycles.